The van der Waals surface area contributed by atoms with Crippen molar-refractivity contribution in [2.45, 2.75) is 37.7 Å². The van der Waals surface area contributed by atoms with E-state index < -0.39 is 5.60 Å². The molecule has 1 saturated heterocycles. The number of aliphatic hydroxyl groups is 1. The fourth-order valence-corrected chi connectivity index (χ4v) is 3.11. The first-order valence-corrected chi connectivity index (χ1v) is 6.18. The summed E-state index contributed by atoms with van der Waals surface area (Å²) in [5, 5.41) is 10.9. The molecule has 3 nitrogen and oxygen atoms in total. The third kappa shape index (κ3) is 1.50. The number of rotatable bonds is 1. The van der Waals surface area contributed by atoms with Crippen LogP contribution in [-0.2, 0) is 16.8 Å². The molecule has 2 unspecified atom stereocenters. The number of aryl methyl sites for hydroxylation is 1. The summed E-state index contributed by atoms with van der Waals surface area (Å²) in [6, 6.07) is 1.93. The van der Waals surface area contributed by atoms with Crippen LogP contribution in [0, 0.1) is 5.92 Å². The van der Waals surface area contributed by atoms with Crippen LogP contribution in [0.1, 0.15) is 37.0 Å². The Morgan fingerprint density at radius 2 is 2.31 bits per heavy atom. The maximum absolute atomic E-state index is 10.9. The third-order valence-electron chi connectivity index (χ3n) is 4.01. The monoisotopic (exact) mass is 222 g/mol. The van der Waals surface area contributed by atoms with Gasteiger partial charge in [-0.05, 0) is 31.7 Å². The molecule has 0 spiro atoms. The zero-order valence-corrected chi connectivity index (χ0v) is 9.45. The van der Waals surface area contributed by atoms with E-state index in [0.29, 0.717) is 6.61 Å². The van der Waals surface area contributed by atoms with Crippen LogP contribution in [0.3, 0.4) is 0 Å². The summed E-state index contributed by atoms with van der Waals surface area (Å²) >= 11 is 0. The van der Waals surface area contributed by atoms with Crippen LogP contribution in [0.25, 0.3) is 0 Å². The van der Waals surface area contributed by atoms with Gasteiger partial charge in [0.15, 0.2) is 0 Å². The molecule has 16 heavy (non-hydrogen) atoms. The van der Waals surface area contributed by atoms with Crippen molar-refractivity contribution < 1.29 is 14.3 Å². The van der Waals surface area contributed by atoms with Gasteiger partial charge < -0.3 is 14.3 Å². The quantitative estimate of drug-likeness (QED) is 0.792. The summed E-state index contributed by atoms with van der Waals surface area (Å²) in [6.45, 7) is 1.52. The maximum Gasteiger partial charge on any atom is 0.109 e. The van der Waals surface area contributed by atoms with E-state index in [2.05, 4.69) is 0 Å². The van der Waals surface area contributed by atoms with Crippen LogP contribution >= 0.6 is 0 Å². The minimum Gasteiger partial charge on any atom is -0.469 e. The zero-order chi connectivity index (χ0) is 11.0. The smallest absolute Gasteiger partial charge is 0.109 e. The zero-order valence-electron chi connectivity index (χ0n) is 9.45. The van der Waals surface area contributed by atoms with Crippen molar-refractivity contribution in [2.75, 3.05) is 13.2 Å². The second-order valence-electron chi connectivity index (χ2n) is 4.95. The lowest BCUT2D eigenvalue weighted by molar-refractivity contribution is -0.0945. The van der Waals surface area contributed by atoms with Gasteiger partial charge in [-0.2, -0.15) is 0 Å². The Kier molecular flexibility index (Phi) is 2.52. The molecule has 0 saturated carbocycles. The van der Waals surface area contributed by atoms with Gasteiger partial charge in [-0.15, -0.1) is 0 Å². The number of furan rings is 1. The molecule has 3 heteroatoms. The van der Waals surface area contributed by atoms with Gasteiger partial charge in [0.25, 0.3) is 0 Å². The summed E-state index contributed by atoms with van der Waals surface area (Å²) in [5.41, 5.74) is 0.301. The predicted molar refractivity (Wildman–Crippen MR) is 59.1 cm³/mol. The number of ether oxygens (including phenoxy) is 1. The molecule has 1 aliphatic heterocycles. The first kappa shape index (κ1) is 10.4. The van der Waals surface area contributed by atoms with Crippen LogP contribution in [0.15, 0.2) is 16.7 Å². The molecule has 1 aliphatic carbocycles. The molecule has 3 rings (SSSR count). The summed E-state index contributed by atoms with van der Waals surface area (Å²) < 4.78 is 10.9. The van der Waals surface area contributed by atoms with Gasteiger partial charge in [0, 0.05) is 24.5 Å². The van der Waals surface area contributed by atoms with Crippen LogP contribution in [-0.4, -0.2) is 18.3 Å². The van der Waals surface area contributed by atoms with E-state index >= 15 is 0 Å². The third-order valence-corrected chi connectivity index (χ3v) is 4.01. The molecule has 1 fully saturated rings. The van der Waals surface area contributed by atoms with Crippen molar-refractivity contribution >= 4 is 0 Å². The Labute approximate surface area is 95.4 Å². The Morgan fingerprint density at radius 1 is 1.38 bits per heavy atom. The highest BCUT2D eigenvalue weighted by Gasteiger charge is 2.43. The second kappa shape index (κ2) is 3.90. The van der Waals surface area contributed by atoms with Gasteiger partial charge in [-0.3, -0.25) is 0 Å². The van der Waals surface area contributed by atoms with Crippen LogP contribution in [0.2, 0.25) is 0 Å². The molecule has 2 atom stereocenters. The van der Waals surface area contributed by atoms with Gasteiger partial charge in [0.1, 0.15) is 5.76 Å². The first-order chi connectivity index (χ1) is 7.81. The Hall–Kier alpha value is -0.800. The molecule has 1 N–H and O–H groups in total. The molecule has 2 aliphatic rings. The normalized spacial score (nSPS) is 34.7. The highest BCUT2D eigenvalue weighted by molar-refractivity contribution is 5.28. The van der Waals surface area contributed by atoms with Crippen molar-refractivity contribution in [3.63, 3.8) is 0 Å². The van der Waals surface area contributed by atoms with Crippen molar-refractivity contribution in [1.29, 1.82) is 0 Å². The number of hydrogen-bond acceptors (Lipinski definition) is 3. The van der Waals surface area contributed by atoms with E-state index in [1.54, 1.807) is 6.26 Å². The van der Waals surface area contributed by atoms with Crippen molar-refractivity contribution in [2.24, 2.45) is 5.92 Å². The van der Waals surface area contributed by atoms with Crippen molar-refractivity contribution in [3.8, 4) is 0 Å². The molecule has 88 valence electrons. The van der Waals surface area contributed by atoms with Gasteiger partial charge >= 0.3 is 0 Å². The minimum atomic E-state index is -0.707. The lowest BCUT2D eigenvalue weighted by Gasteiger charge is -2.40. The first-order valence-electron chi connectivity index (χ1n) is 6.18. The fourth-order valence-electron chi connectivity index (χ4n) is 3.11. The second-order valence-corrected chi connectivity index (χ2v) is 4.95. The summed E-state index contributed by atoms with van der Waals surface area (Å²) in [6.07, 6.45) is 6.62. The van der Waals surface area contributed by atoms with Crippen molar-refractivity contribution in [1.82, 2.24) is 0 Å². The van der Waals surface area contributed by atoms with Crippen molar-refractivity contribution in [3.05, 3.63) is 23.7 Å². The highest BCUT2D eigenvalue weighted by atomic mass is 16.5. The van der Waals surface area contributed by atoms with Crippen LogP contribution in [0.5, 0.6) is 0 Å². The molecular weight excluding hydrogens is 204 g/mol. The molecule has 0 aromatic carbocycles. The van der Waals surface area contributed by atoms with Crippen LogP contribution < -0.4 is 0 Å². The minimum absolute atomic E-state index is 0.234. The molecular formula is C13H18O3. The highest BCUT2D eigenvalue weighted by Crippen LogP contribution is 2.43. The van der Waals surface area contributed by atoms with E-state index in [9.17, 15) is 5.11 Å². The summed E-state index contributed by atoms with van der Waals surface area (Å²) in [5.74, 6) is 1.21. The fraction of sp³-hybridized carbons (Fsp3) is 0.692. The summed E-state index contributed by atoms with van der Waals surface area (Å²) in [7, 11) is 0. The Bertz CT molecular complexity index is 365. The topological polar surface area (TPSA) is 42.6 Å². The standard InChI is InChI=1S/C13H18O3/c14-13(10-3-2-7-15-9-10)6-1-4-12-11(13)5-8-16-12/h5,8,10,14H,1-4,6-7,9H2. The number of hydrogen-bond donors (Lipinski definition) is 1. The molecule has 1 aromatic heterocycles. The van der Waals surface area contributed by atoms with Crippen LogP contribution in [0.4, 0.5) is 0 Å². The number of fused-ring (bicyclic) bond motifs is 1. The van der Waals surface area contributed by atoms with Gasteiger partial charge in [-0.25, -0.2) is 0 Å². The summed E-state index contributed by atoms with van der Waals surface area (Å²) in [4.78, 5) is 0. The molecule has 0 bridgehead atoms. The van der Waals surface area contributed by atoms with Gasteiger partial charge in [0.2, 0.25) is 0 Å². The van der Waals surface area contributed by atoms with E-state index in [0.717, 1.165) is 50.0 Å². The lowest BCUT2D eigenvalue weighted by atomic mass is 9.72. The van der Waals surface area contributed by atoms with Gasteiger partial charge in [-0.1, -0.05) is 0 Å². The van der Waals surface area contributed by atoms with Gasteiger partial charge in [0.05, 0.1) is 18.5 Å². The van der Waals surface area contributed by atoms with E-state index in [1.807, 2.05) is 6.07 Å². The lowest BCUT2D eigenvalue weighted by Crippen LogP contribution is -2.42. The Balaban J connectivity index is 1.93. The molecule has 1 aromatic rings. The SMILES string of the molecule is OC1(C2CCCOC2)CCCc2occc21. The van der Waals surface area contributed by atoms with E-state index in [1.165, 1.54) is 0 Å². The molecule has 2 heterocycles. The van der Waals surface area contributed by atoms with E-state index in [-0.39, 0.29) is 5.92 Å². The average molecular weight is 222 g/mol. The molecule has 0 amide bonds. The Morgan fingerprint density at radius 3 is 3.12 bits per heavy atom. The largest absolute Gasteiger partial charge is 0.469 e. The van der Waals surface area contributed by atoms with E-state index in [4.69, 9.17) is 9.15 Å². The maximum atomic E-state index is 10.9. The average Bonchev–Trinajstić information content (AvgIpc) is 2.80. The molecule has 0 radical (unpaired) electrons. The predicted octanol–water partition coefficient (Wildman–Crippen LogP) is 2.23.